The first kappa shape index (κ1) is 12.0. The summed E-state index contributed by atoms with van der Waals surface area (Å²) in [5.74, 6) is 0.772. The summed E-state index contributed by atoms with van der Waals surface area (Å²) in [4.78, 5) is 2.62. The minimum absolute atomic E-state index is 0.772. The van der Waals surface area contributed by atoms with Crippen molar-refractivity contribution in [3.63, 3.8) is 0 Å². The van der Waals surface area contributed by atoms with Crippen molar-refractivity contribution in [1.29, 1.82) is 0 Å². The van der Waals surface area contributed by atoms with Crippen molar-refractivity contribution in [2.45, 2.75) is 52.4 Å². The number of hydrogen-bond donors (Lipinski definition) is 0. The molecular weight excluding hydrogens is 170 g/mol. The van der Waals surface area contributed by atoms with E-state index in [0.29, 0.717) is 0 Å². The summed E-state index contributed by atoms with van der Waals surface area (Å²) in [6.07, 6.45) is 10.8. The Labute approximate surface area is 89.9 Å². The lowest BCUT2D eigenvalue weighted by atomic mass is 10.0. The molecule has 0 aliphatic carbocycles. The molecule has 0 saturated carbocycles. The summed E-state index contributed by atoms with van der Waals surface area (Å²) in [6.45, 7) is 8.60. The highest BCUT2D eigenvalue weighted by atomic mass is 15.1. The van der Waals surface area contributed by atoms with Gasteiger partial charge in [0, 0.05) is 0 Å². The average molecular weight is 196 g/mol. The first-order valence-electron chi connectivity index (χ1n) is 6.34. The van der Waals surface area contributed by atoms with Crippen LogP contribution in [0, 0.1) is 12.3 Å². The van der Waals surface area contributed by atoms with Crippen molar-refractivity contribution in [3.8, 4) is 0 Å². The Balaban J connectivity index is 1.79. The lowest BCUT2D eigenvalue weighted by Gasteiger charge is -2.13. The Morgan fingerprint density at radius 2 is 1.79 bits per heavy atom. The van der Waals surface area contributed by atoms with Gasteiger partial charge in [-0.2, -0.15) is 0 Å². The minimum Gasteiger partial charge on any atom is -0.303 e. The Bertz CT molecular complexity index is 125. The van der Waals surface area contributed by atoms with Gasteiger partial charge in [0.2, 0.25) is 0 Å². The smallest absolute Gasteiger partial charge is 0.00183 e. The Morgan fingerprint density at radius 1 is 1.07 bits per heavy atom. The van der Waals surface area contributed by atoms with E-state index in [0.717, 1.165) is 5.92 Å². The zero-order valence-corrected chi connectivity index (χ0v) is 9.97. The topological polar surface area (TPSA) is 3.24 Å². The molecule has 0 aromatic carbocycles. The monoisotopic (exact) mass is 196 g/mol. The molecule has 1 radical (unpaired) electrons. The van der Waals surface area contributed by atoms with Crippen LogP contribution in [0.4, 0.5) is 0 Å². The average Bonchev–Trinajstić information content (AvgIpc) is 2.63. The molecule has 0 spiro atoms. The van der Waals surface area contributed by atoms with E-state index in [4.69, 9.17) is 0 Å². The molecule has 1 aliphatic heterocycles. The van der Waals surface area contributed by atoms with Crippen LogP contribution in [0.2, 0.25) is 0 Å². The molecule has 0 bridgehead atoms. The number of rotatable bonds is 7. The second-order valence-electron chi connectivity index (χ2n) is 4.88. The van der Waals surface area contributed by atoms with Gasteiger partial charge >= 0.3 is 0 Å². The Kier molecular flexibility index (Phi) is 6.25. The summed E-state index contributed by atoms with van der Waals surface area (Å²) in [5, 5.41) is 0. The van der Waals surface area contributed by atoms with E-state index in [-0.39, 0.29) is 0 Å². The maximum absolute atomic E-state index is 2.62. The molecule has 1 fully saturated rings. The van der Waals surface area contributed by atoms with Crippen molar-refractivity contribution in [2.75, 3.05) is 19.6 Å². The predicted molar refractivity (Wildman–Crippen MR) is 63.3 cm³/mol. The van der Waals surface area contributed by atoms with Gasteiger partial charge in [0.05, 0.1) is 0 Å². The van der Waals surface area contributed by atoms with Gasteiger partial charge in [0.15, 0.2) is 0 Å². The standard InChI is InChI=1S/C13H26N/c1-13(2)9-5-3-4-6-10-14-11-7-8-12-14/h9,13H,3-8,10-12H2,1-2H3. The van der Waals surface area contributed by atoms with Crippen molar-refractivity contribution < 1.29 is 0 Å². The van der Waals surface area contributed by atoms with Crippen molar-refractivity contribution >= 4 is 0 Å². The van der Waals surface area contributed by atoms with Crippen LogP contribution in [0.15, 0.2) is 0 Å². The highest BCUT2D eigenvalue weighted by Crippen LogP contribution is 2.11. The zero-order chi connectivity index (χ0) is 10.2. The fourth-order valence-corrected chi connectivity index (χ4v) is 2.11. The second-order valence-corrected chi connectivity index (χ2v) is 4.88. The Hall–Kier alpha value is -0.0400. The maximum Gasteiger partial charge on any atom is -0.00183 e. The predicted octanol–water partition coefficient (Wildman–Crippen LogP) is 3.50. The lowest BCUT2D eigenvalue weighted by molar-refractivity contribution is 0.328. The second kappa shape index (κ2) is 7.28. The summed E-state index contributed by atoms with van der Waals surface area (Å²) in [5.41, 5.74) is 0. The molecule has 14 heavy (non-hydrogen) atoms. The van der Waals surface area contributed by atoms with Crippen LogP contribution in [0.3, 0.4) is 0 Å². The molecule has 1 aliphatic rings. The third-order valence-electron chi connectivity index (χ3n) is 3.02. The van der Waals surface area contributed by atoms with Crippen LogP contribution in [-0.2, 0) is 0 Å². The van der Waals surface area contributed by atoms with E-state index < -0.39 is 0 Å². The van der Waals surface area contributed by atoms with Gasteiger partial charge in [-0.25, -0.2) is 0 Å². The van der Waals surface area contributed by atoms with Gasteiger partial charge in [-0.1, -0.05) is 26.7 Å². The van der Waals surface area contributed by atoms with E-state index in [9.17, 15) is 0 Å². The van der Waals surface area contributed by atoms with Gasteiger partial charge < -0.3 is 4.90 Å². The molecule has 0 N–H and O–H groups in total. The fourth-order valence-electron chi connectivity index (χ4n) is 2.11. The number of hydrogen-bond acceptors (Lipinski definition) is 1. The van der Waals surface area contributed by atoms with Crippen LogP contribution in [-0.4, -0.2) is 24.5 Å². The molecule has 83 valence electrons. The molecule has 0 aromatic heterocycles. The van der Waals surface area contributed by atoms with Crippen LogP contribution in [0.25, 0.3) is 0 Å². The van der Waals surface area contributed by atoms with E-state index in [1.165, 1.54) is 58.2 Å². The quantitative estimate of drug-likeness (QED) is 0.563. The minimum atomic E-state index is 0.772. The van der Waals surface area contributed by atoms with E-state index >= 15 is 0 Å². The first-order chi connectivity index (χ1) is 6.79. The Morgan fingerprint density at radius 3 is 2.43 bits per heavy atom. The van der Waals surface area contributed by atoms with E-state index in [2.05, 4.69) is 25.2 Å². The lowest BCUT2D eigenvalue weighted by Crippen LogP contribution is -2.20. The van der Waals surface area contributed by atoms with E-state index in [1.54, 1.807) is 0 Å². The normalized spacial score (nSPS) is 18.2. The largest absolute Gasteiger partial charge is 0.303 e. The molecule has 1 heteroatoms. The summed E-state index contributed by atoms with van der Waals surface area (Å²) in [7, 11) is 0. The highest BCUT2D eigenvalue weighted by molar-refractivity contribution is 4.69. The highest BCUT2D eigenvalue weighted by Gasteiger charge is 2.09. The summed E-state index contributed by atoms with van der Waals surface area (Å²) < 4.78 is 0. The third kappa shape index (κ3) is 5.64. The molecular formula is C13H26N. The molecule has 0 aromatic rings. The molecule has 0 unspecified atom stereocenters. The van der Waals surface area contributed by atoms with Crippen LogP contribution < -0.4 is 0 Å². The number of unbranched alkanes of at least 4 members (excludes halogenated alkanes) is 3. The molecule has 1 rings (SSSR count). The fraction of sp³-hybridized carbons (Fsp3) is 0.923. The molecule has 1 heterocycles. The van der Waals surface area contributed by atoms with Crippen LogP contribution in [0.5, 0.6) is 0 Å². The molecule has 0 atom stereocenters. The van der Waals surface area contributed by atoms with Gasteiger partial charge in [-0.3, -0.25) is 0 Å². The molecule has 1 nitrogen and oxygen atoms in total. The third-order valence-corrected chi connectivity index (χ3v) is 3.02. The summed E-state index contributed by atoms with van der Waals surface area (Å²) >= 11 is 0. The van der Waals surface area contributed by atoms with Crippen LogP contribution >= 0.6 is 0 Å². The maximum atomic E-state index is 2.62. The number of likely N-dealkylation sites (tertiary alicyclic amines) is 1. The SMILES string of the molecule is CC(C)[CH]CCCCCN1CCCC1. The molecule has 0 amide bonds. The van der Waals surface area contributed by atoms with Crippen molar-refractivity contribution in [1.82, 2.24) is 4.90 Å². The van der Waals surface area contributed by atoms with Gasteiger partial charge in [-0.15, -0.1) is 0 Å². The van der Waals surface area contributed by atoms with E-state index in [1.807, 2.05) is 0 Å². The summed E-state index contributed by atoms with van der Waals surface area (Å²) in [6, 6.07) is 0. The first-order valence-corrected chi connectivity index (χ1v) is 6.34. The van der Waals surface area contributed by atoms with Crippen LogP contribution in [0.1, 0.15) is 52.4 Å². The molecule has 1 saturated heterocycles. The van der Waals surface area contributed by atoms with Crippen molar-refractivity contribution in [2.24, 2.45) is 5.92 Å². The number of nitrogens with zero attached hydrogens (tertiary/aromatic N) is 1. The van der Waals surface area contributed by atoms with Gasteiger partial charge in [0.1, 0.15) is 0 Å². The van der Waals surface area contributed by atoms with Gasteiger partial charge in [-0.05, 0) is 57.7 Å². The zero-order valence-electron chi connectivity index (χ0n) is 9.97. The van der Waals surface area contributed by atoms with Crippen molar-refractivity contribution in [3.05, 3.63) is 6.42 Å². The van der Waals surface area contributed by atoms with Gasteiger partial charge in [0.25, 0.3) is 0 Å².